The number of nitrogens with zero attached hydrogens (tertiary/aromatic N) is 2. The summed E-state index contributed by atoms with van der Waals surface area (Å²) in [6, 6.07) is 26.2. The van der Waals surface area contributed by atoms with Gasteiger partial charge in [0.25, 0.3) is 0 Å². The second-order valence-corrected chi connectivity index (χ2v) is 6.81. The quantitative estimate of drug-likeness (QED) is 0.439. The van der Waals surface area contributed by atoms with Gasteiger partial charge in [-0.05, 0) is 24.3 Å². The summed E-state index contributed by atoms with van der Waals surface area (Å²) < 4.78 is 10.9. The third-order valence-electron chi connectivity index (χ3n) is 4.98. The Kier molecular flexibility index (Phi) is 5.80. The molecule has 0 amide bonds. The molecule has 0 N–H and O–H groups in total. The van der Waals surface area contributed by atoms with Crippen molar-refractivity contribution in [2.75, 3.05) is 14.2 Å². The van der Waals surface area contributed by atoms with E-state index < -0.39 is 0 Å². The minimum atomic E-state index is 0.666. The van der Waals surface area contributed by atoms with Crippen LogP contribution in [0.5, 0.6) is 11.5 Å². The van der Waals surface area contributed by atoms with E-state index in [9.17, 15) is 0 Å². The zero-order valence-corrected chi connectivity index (χ0v) is 17.3. The first-order valence-corrected chi connectivity index (χ1v) is 9.78. The predicted molar refractivity (Wildman–Crippen MR) is 123 cm³/mol. The van der Waals surface area contributed by atoms with Gasteiger partial charge in [-0.15, -0.1) is 0 Å². The highest BCUT2D eigenvalue weighted by molar-refractivity contribution is 6.51. The Morgan fingerprint density at radius 2 is 1.27 bits per heavy atom. The van der Waals surface area contributed by atoms with Crippen molar-refractivity contribution in [2.45, 2.75) is 6.82 Å². The molecule has 4 rings (SSSR count). The molecule has 147 valence electrons. The molecule has 0 spiro atoms. The fraction of sp³-hybridized carbons (Fsp3) is 0.120. The van der Waals surface area contributed by atoms with Gasteiger partial charge in [0.2, 0.25) is 0 Å². The first-order valence-electron chi connectivity index (χ1n) is 9.78. The molecule has 0 saturated carbocycles. The van der Waals surface area contributed by atoms with Gasteiger partial charge >= 0.3 is 0 Å². The van der Waals surface area contributed by atoms with Crippen LogP contribution in [-0.4, -0.2) is 31.5 Å². The summed E-state index contributed by atoms with van der Waals surface area (Å²) in [5.41, 5.74) is 5.83. The van der Waals surface area contributed by atoms with E-state index in [4.69, 9.17) is 19.4 Å². The van der Waals surface area contributed by atoms with Crippen LogP contribution in [0.2, 0.25) is 6.82 Å². The molecule has 5 heteroatoms. The molecular formula is C25H22BN2O2. The predicted octanol–water partition coefficient (Wildman–Crippen LogP) is 4.87. The van der Waals surface area contributed by atoms with Gasteiger partial charge < -0.3 is 9.47 Å². The summed E-state index contributed by atoms with van der Waals surface area (Å²) in [5, 5.41) is 0. The smallest absolute Gasteiger partial charge is 0.161 e. The highest BCUT2D eigenvalue weighted by atomic mass is 16.5. The van der Waals surface area contributed by atoms with Crippen molar-refractivity contribution in [1.82, 2.24) is 9.97 Å². The lowest BCUT2D eigenvalue weighted by atomic mass is 9.73. The van der Waals surface area contributed by atoms with E-state index in [-0.39, 0.29) is 0 Å². The number of aromatic nitrogens is 2. The Balaban J connectivity index is 1.87. The van der Waals surface area contributed by atoms with Gasteiger partial charge in [0.15, 0.2) is 17.3 Å². The van der Waals surface area contributed by atoms with Crippen LogP contribution in [0.3, 0.4) is 0 Å². The number of benzene rings is 3. The van der Waals surface area contributed by atoms with Crippen molar-refractivity contribution in [3.05, 3.63) is 78.9 Å². The highest BCUT2D eigenvalue weighted by Gasteiger charge is 2.13. The maximum Gasteiger partial charge on any atom is 0.161 e. The Bertz CT molecular complexity index is 1150. The van der Waals surface area contributed by atoms with Crippen molar-refractivity contribution in [2.24, 2.45) is 0 Å². The van der Waals surface area contributed by atoms with Crippen molar-refractivity contribution in [3.8, 4) is 45.4 Å². The molecular weight excluding hydrogens is 371 g/mol. The van der Waals surface area contributed by atoms with Gasteiger partial charge in [0, 0.05) is 16.7 Å². The van der Waals surface area contributed by atoms with E-state index in [1.165, 1.54) is 5.46 Å². The third kappa shape index (κ3) is 4.06. The van der Waals surface area contributed by atoms with Crippen molar-refractivity contribution in [1.29, 1.82) is 0 Å². The van der Waals surface area contributed by atoms with Crippen LogP contribution in [0.1, 0.15) is 0 Å². The van der Waals surface area contributed by atoms with Gasteiger partial charge in [-0.2, -0.15) is 0 Å². The molecule has 0 bridgehead atoms. The van der Waals surface area contributed by atoms with Crippen LogP contribution < -0.4 is 14.9 Å². The molecule has 1 aromatic heterocycles. The van der Waals surface area contributed by atoms with Crippen molar-refractivity contribution in [3.63, 3.8) is 0 Å². The zero-order chi connectivity index (χ0) is 20.9. The Labute approximate surface area is 177 Å². The first kappa shape index (κ1) is 19.7. The number of hydrogen-bond acceptors (Lipinski definition) is 4. The van der Waals surface area contributed by atoms with Gasteiger partial charge in [-0.25, -0.2) is 9.97 Å². The van der Waals surface area contributed by atoms with Gasteiger partial charge in [0.1, 0.15) is 7.28 Å². The summed E-state index contributed by atoms with van der Waals surface area (Å²) in [7, 11) is 5.34. The largest absolute Gasteiger partial charge is 0.493 e. The average molecular weight is 393 g/mol. The fourth-order valence-corrected chi connectivity index (χ4v) is 3.30. The van der Waals surface area contributed by atoms with E-state index >= 15 is 0 Å². The molecule has 1 heterocycles. The molecule has 4 nitrogen and oxygen atoms in total. The maximum absolute atomic E-state index is 5.48. The normalized spacial score (nSPS) is 10.5. The minimum absolute atomic E-state index is 0.666. The SMILES string of the molecule is C[B]c1ccc(-c2cc(-c3ccc(OC)c(OC)c3)nc(-c3ccccc3)n2)cc1. The van der Waals surface area contributed by atoms with E-state index in [1.807, 2.05) is 61.4 Å². The lowest BCUT2D eigenvalue weighted by Crippen LogP contribution is -2.08. The van der Waals surface area contributed by atoms with Gasteiger partial charge in [-0.3, -0.25) is 0 Å². The number of methoxy groups -OCH3 is 2. The van der Waals surface area contributed by atoms with Gasteiger partial charge in [-0.1, -0.05) is 66.9 Å². The Hall–Kier alpha value is -3.60. The summed E-state index contributed by atoms with van der Waals surface area (Å²) in [6.45, 7) is 2.03. The van der Waals surface area contributed by atoms with E-state index in [0.717, 1.165) is 28.1 Å². The Morgan fingerprint density at radius 1 is 0.633 bits per heavy atom. The van der Waals surface area contributed by atoms with Crippen LogP contribution in [-0.2, 0) is 0 Å². The topological polar surface area (TPSA) is 44.2 Å². The van der Waals surface area contributed by atoms with Crippen LogP contribution in [0, 0.1) is 0 Å². The molecule has 0 aliphatic rings. The fourth-order valence-electron chi connectivity index (χ4n) is 3.30. The molecule has 0 aliphatic heterocycles. The number of ether oxygens (including phenoxy) is 2. The van der Waals surface area contributed by atoms with E-state index in [2.05, 4.69) is 31.5 Å². The molecule has 0 atom stereocenters. The van der Waals surface area contributed by atoms with Crippen LogP contribution in [0.4, 0.5) is 0 Å². The van der Waals surface area contributed by atoms with Crippen LogP contribution in [0.25, 0.3) is 33.9 Å². The lowest BCUT2D eigenvalue weighted by Gasteiger charge is -2.12. The number of hydrogen-bond donors (Lipinski definition) is 0. The van der Waals surface area contributed by atoms with Crippen molar-refractivity contribution < 1.29 is 9.47 Å². The molecule has 0 fully saturated rings. The highest BCUT2D eigenvalue weighted by Crippen LogP contribution is 2.33. The van der Waals surface area contributed by atoms with Gasteiger partial charge in [0.05, 0.1) is 25.6 Å². The minimum Gasteiger partial charge on any atom is -0.493 e. The van der Waals surface area contributed by atoms with E-state index in [0.29, 0.717) is 17.3 Å². The molecule has 3 aromatic carbocycles. The standard InChI is InChI=1S/C25H22BN2O2/c1-26-20-12-9-17(10-13-20)21-16-22(19-11-14-23(29-2)24(15-19)30-3)28-25(27-21)18-7-5-4-6-8-18/h4-16H,1-3H3. The summed E-state index contributed by atoms with van der Waals surface area (Å²) in [6.07, 6.45) is 0. The molecule has 0 aliphatic carbocycles. The first-order chi connectivity index (χ1) is 14.7. The second kappa shape index (κ2) is 8.83. The summed E-state index contributed by atoms with van der Waals surface area (Å²) in [5.74, 6) is 2.04. The van der Waals surface area contributed by atoms with E-state index in [1.54, 1.807) is 14.2 Å². The summed E-state index contributed by atoms with van der Waals surface area (Å²) in [4.78, 5) is 9.70. The maximum atomic E-state index is 5.48. The lowest BCUT2D eigenvalue weighted by molar-refractivity contribution is 0.355. The zero-order valence-electron chi connectivity index (χ0n) is 17.3. The molecule has 0 saturated heterocycles. The average Bonchev–Trinajstić information content (AvgIpc) is 2.84. The monoisotopic (exact) mass is 393 g/mol. The summed E-state index contributed by atoms with van der Waals surface area (Å²) >= 11 is 0. The second-order valence-electron chi connectivity index (χ2n) is 6.81. The van der Waals surface area contributed by atoms with Crippen LogP contribution >= 0.6 is 0 Å². The molecule has 1 radical (unpaired) electrons. The van der Waals surface area contributed by atoms with Crippen LogP contribution in [0.15, 0.2) is 78.9 Å². The van der Waals surface area contributed by atoms with Crippen molar-refractivity contribution >= 4 is 12.7 Å². The molecule has 30 heavy (non-hydrogen) atoms. The number of rotatable bonds is 6. The third-order valence-corrected chi connectivity index (χ3v) is 4.98. The molecule has 0 unspecified atom stereocenters. The Morgan fingerprint density at radius 3 is 1.90 bits per heavy atom. The molecule has 4 aromatic rings.